The number of carbonyl (C=O) groups excluding carboxylic acids is 2. The maximum Gasteiger partial charge on any atom is 0.437 e. The van der Waals surface area contributed by atoms with Crippen molar-refractivity contribution < 1.29 is 55.6 Å². The molecule has 32 heavy (non-hydrogen) atoms. The summed E-state index contributed by atoms with van der Waals surface area (Å²) >= 11 is 1.28. The van der Waals surface area contributed by atoms with Crippen LogP contribution in [0.3, 0.4) is 0 Å². The van der Waals surface area contributed by atoms with Crippen molar-refractivity contribution in [1.82, 2.24) is 0 Å². The summed E-state index contributed by atoms with van der Waals surface area (Å²) in [6.45, 7) is -1.34. The van der Waals surface area contributed by atoms with E-state index in [0.29, 0.717) is 4.90 Å². The fraction of sp³-hybridized carbons (Fsp3) is 0.263. The standard InChI is InChI=1S/C19H14F6O6S/c20-18(21,22)17(9-15(27)28,19(23,24)25)31-16(29)10-30-12-3-7-14(8-4-12)32-13-5-1-11(26)2-6-13/h1-8,26H,9-10H2,(H,27,28)/p-1. The van der Waals surface area contributed by atoms with E-state index in [4.69, 9.17) is 4.74 Å². The smallest absolute Gasteiger partial charge is 0.437 e. The molecule has 0 saturated carbocycles. The summed E-state index contributed by atoms with van der Waals surface area (Å²) < 4.78 is 86.7. The molecule has 0 amide bonds. The Morgan fingerprint density at radius 3 is 1.78 bits per heavy atom. The number of hydrogen-bond donors (Lipinski definition) is 1. The first-order chi connectivity index (χ1) is 14.7. The monoisotopic (exact) mass is 483 g/mol. The van der Waals surface area contributed by atoms with E-state index in [2.05, 4.69) is 4.74 Å². The van der Waals surface area contributed by atoms with Crippen molar-refractivity contribution in [2.45, 2.75) is 34.2 Å². The first-order valence-electron chi connectivity index (χ1n) is 8.48. The van der Waals surface area contributed by atoms with Crippen LogP contribution >= 0.6 is 11.8 Å². The lowest BCUT2D eigenvalue weighted by molar-refractivity contribution is -0.381. The van der Waals surface area contributed by atoms with Crippen molar-refractivity contribution in [3.05, 3.63) is 48.5 Å². The molecule has 2 aromatic carbocycles. The van der Waals surface area contributed by atoms with Crippen LogP contribution in [0.15, 0.2) is 58.3 Å². The Morgan fingerprint density at radius 2 is 1.34 bits per heavy atom. The molecule has 0 atom stereocenters. The van der Waals surface area contributed by atoms with E-state index in [1.165, 1.54) is 48.2 Å². The molecule has 0 bridgehead atoms. The summed E-state index contributed by atoms with van der Waals surface area (Å²) in [5.74, 6) is -4.79. The van der Waals surface area contributed by atoms with Gasteiger partial charge in [0.15, 0.2) is 6.61 Å². The number of aromatic hydroxyl groups is 1. The number of hydrogen-bond acceptors (Lipinski definition) is 7. The van der Waals surface area contributed by atoms with Gasteiger partial charge in [-0.05, 0) is 48.5 Å². The third-order valence-corrected chi connectivity index (χ3v) is 4.87. The summed E-state index contributed by atoms with van der Waals surface area (Å²) in [4.78, 5) is 23.6. The lowest BCUT2D eigenvalue weighted by atomic mass is 9.97. The molecule has 1 N–H and O–H groups in total. The van der Waals surface area contributed by atoms with E-state index in [9.17, 15) is 46.1 Å². The number of phenols is 1. The van der Waals surface area contributed by atoms with Crippen molar-refractivity contribution >= 4 is 23.7 Å². The van der Waals surface area contributed by atoms with E-state index in [0.717, 1.165) is 4.90 Å². The van der Waals surface area contributed by atoms with E-state index in [-0.39, 0.29) is 11.5 Å². The molecule has 174 valence electrons. The van der Waals surface area contributed by atoms with Crippen LogP contribution in [0.5, 0.6) is 11.5 Å². The SMILES string of the molecule is O=C([O-])CC(OC(=O)COc1ccc(Sc2ccc(O)cc2)cc1)(C(F)(F)F)C(F)(F)F. The first-order valence-corrected chi connectivity index (χ1v) is 9.30. The van der Waals surface area contributed by atoms with Crippen LogP contribution in [0.25, 0.3) is 0 Å². The van der Waals surface area contributed by atoms with Crippen LogP contribution < -0.4 is 9.84 Å². The maximum atomic E-state index is 13.1. The number of carbonyl (C=O) groups is 2. The molecule has 2 rings (SSSR count). The second-order valence-corrected chi connectivity index (χ2v) is 7.35. The lowest BCUT2D eigenvalue weighted by Crippen LogP contribution is -2.62. The molecule has 0 fully saturated rings. The Labute approximate surface area is 180 Å². The molecule has 0 saturated heterocycles. The minimum absolute atomic E-state index is 0.0680. The summed E-state index contributed by atoms with van der Waals surface area (Å²) in [6.07, 6.45) is -15.2. The van der Waals surface area contributed by atoms with Gasteiger partial charge in [0.25, 0.3) is 0 Å². The van der Waals surface area contributed by atoms with Gasteiger partial charge in [-0.15, -0.1) is 0 Å². The molecule has 13 heteroatoms. The molecular formula is C19H13F6O6S-. The highest BCUT2D eigenvalue weighted by Gasteiger charge is 2.74. The van der Waals surface area contributed by atoms with Gasteiger partial charge in [0.05, 0.1) is 0 Å². The normalized spacial score (nSPS) is 12.3. The van der Waals surface area contributed by atoms with Crippen molar-refractivity contribution in [3.8, 4) is 11.5 Å². The fourth-order valence-electron chi connectivity index (χ4n) is 2.34. The average molecular weight is 483 g/mol. The third-order valence-electron chi connectivity index (χ3n) is 3.85. The van der Waals surface area contributed by atoms with Crippen LogP contribution in [-0.4, -0.2) is 41.6 Å². The number of carboxylic acid groups (broad SMARTS) is 1. The first kappa shape index (κ1) is 25.2. The number of aliphatic carboxylic acids is 1. The number of ether oxygens (including phenoxy) is 2. The van der Waals surface area contributed by atoms with E-state index in [1.807, 2.05) is 0 Å². The zero-order valence-corrected chi connectivity index (χ0v) is 16.5. The van der Waals surface area contributed by atoms with Crippen molar-refractivity contribution in [1.29, 1.82) is 0 Å². The molecule has 0 aliphatic carbocycles. The number of rotatable bonds is 8. The predicted octanol–water partition coefficient (Wildman–Crippen LogP) is 3.47. The van der Waals surface area contributed by atoms with Crippen LogP contribution in [0.4, 0.5) is 26.3 Å². The molecule has 2 aromatic rings. The van der Waals surface area contributed by atoms with Gasteiger partial charge in [-0.2, -0.15) is 26.3 Å². The molecule has 0 spiro atoms. The van der Waals surface area contributed by atoms with Gasteiger partial charge in [0.1, 0.15) is 11.5 Å². The topological polar surface area (TPSA) is 95.9 Å². The molecule has 0 unspecified atom stereocenters. The Hall–Kier alpha value is -3.09. The van der Waals surface area contributed by atoms with Crippen LogP contribution in [-0.2, 0) is 14.3 Å². The van der Waals surface area contributed by atoms with Crippen LogP contribution in [0, 0.1) is 0 Å². The molecule has 0 aliphatic rings. The van der Waals surface area contributed by atoms with Gasteiger partial charge in [0, 0.05) is 22.2 Å². The van der Waals surface area contributed by atoms with Crippen molar-refractivity contribution in [3.63, 3.8) is 0 Å². The summed E-state index contributed by atoms with van der Waals surface area (Å²) in [5.41, 5.74) is -5.27. The Kier molecular flexibility index (Phi) is 7.54. The number of esters is 1. The number of alkyl halides is 6. The van der Waals surface area contributed by atoms with Crippen molar-refractivity contribution in [2.24, 2.45) is 0 Å². The molecule has 0 aromatic heterocycles. The summed E-state index contributed by atoms with van der Waals surface area (Å²) in [5, 5.41) is 19.7. The van der Waals surface area contributed by atoms with Crippen LogP contribution in [0.1, 0.15) is 6.42 Å². The number of halogens is 6. The molecular weight excluding hydrogens is 470 g/mol. The Bertz CT molecular complexity index is 927. The van der Waals surface area contributed by atoms with Gasteiger partial charge in [0.2, 0.25) is 0 Å². The lowest BCUT2D eigenvalue weighted by Gasteiger charge is -2.36. The minimum Gasteiger partial charge on any atom is -0.550 e. The van der Waals surface area contributed by atoms with Gasteiger partial charge in [-0.1, -0.05) is 11.8 Å². The van der Waals surface area contributed by atoms with Crippen molar-refractivity contribution in [2.75, 3.05) is 6.61 Å². The molecule has 6 nitrogen and oxygen atoms in total. The minimum atomic E-state index is -6.27. The third kappa shape index (κ3) is 6.22. The van der Waals surface area contributed by atoms with Crippen LogP contribution in [0.2, 0.25) is 0 Å². The second kappa shape index (κ2) is 9.59. The molecule has 0 radical (unpaired) electrons. The average Bonchev–Trinajstić information content (AvgIpc) is 2.66. The summed E-state index contributed by atoms with van der Waals surface area (Å²) in [6, 6.07) is 11.8. The van der Waals surface area contributed by atoms with Gasteiger partial charge in [-0.25, -0.2) is 4.79 Å². The van der Waals surface area contributed by atoms with E-state index < -0.39 is 42.9 Å². The molecule has 0 heterocycles. The number of carboxylic acids is 1. The number of benzene rings is 2. The zero-order valence-electron chi connectivity index (χ0n) is 15.7. The van der Waals surface area contributed by atoms with E-state index in [1.54, 1.807) is 12.1 Å². The fourth-order valence-corrected chi connectivity index (χ4v) is 3.15. The zero-order chi connectivity index (χ0) is 24.2. The van der Waals surface area contributed by atoms with E-state index >= 15 is 0 Å². The summed E-state index contributed by atoms with van der Waals surface area (Å²) in [7, 11) is 0. The molecule has 0 aliphatic heterocycles. The predicted molar refractivity (Wildman–Crippen MR) is 94.7 cm³/mol. The largest absolute Gasteiger partial charge is 0.550 e. The Balaban J connectivity index is 2.05. The Morgan fingerprint density at radius 1 is 0.875 bits per heavy atom. The van der Waals surface area contributed by atoms with Gasteiger partial charge >= 0.3 is 23.9 Å². The quantitative estimate of drug-likeness (QED) is 0.454. The highest BCUT2D eigenvalue weighted by Crippen LogP contribution is 2.48. The second-order valence-electron chi connectivity index (χ2n) is 6.20. The highest BCUT2D eigenvalue weighted by molar-refractivity contribution is 7.99. The van der Waals surface area contributed by atoms with Gasteiger partial charge < -0.3 is 24.5 Å². The highest BCUT2D eigenvalue weighted by atomic mass is 32.2. The maximum absolute atomic E-state index is 13.1. The number of phenolic OH excluding ortho intramolecular Hbond substituents is 1. The van der Waals surface area contributed by atoms with Gasteiger partial charge in [-0.3, -0.25) is 0 Å².